The Hall–Kier alpha value is -3.08. The molecule has 5 rings (SSSR count). The molecule has 0 aliphatic carbocycles. The highest BCUT2D eigenvalue weighted by Gasteiger charge is 2.25. The quantitative estimate of drug-likeness (QED) is 0.541. The van der Waals surface area contributed by atoms with Crippen molar-refractivity contribution in [1.29, 1.82) is 0 Å². The van der Waals surface area contributed by atoms with E-state index in [1.807, 2.05) is 24.0 Å². The van der Waals surface area contributed by atoms with E-state index in [2.05, 4.69) is 48.7 Å². The van der Waals surface area contributed by atoms with Crippen molar-refractivity contribution >= 4 is 29.9 Å². The molecule has 2 aromatic heterocycles. The van der Waals surface area contributed by atoms with Crippen LogP contribution in [-0.2, 0) is 0 Å². The van der Waals surface area contributed by atoms with Crippen LogP contribution in [0.4, 0.5) is 16.0 Å². The Morgan fingerprint density at radius 1 is 0.946 bits per heavy atom. The molecule has 0 bridgehead atoms. The van der Waals surface area contributed by atoms with Gasteiger partial charge in [0.15, 0.2) is 5.82 Å². The van der Waals surface area contributed by atoms with Gasteiger partial charge in [0.2, 0.25) is 5.95 Å². The minimum atomic E-state index is -0.484. The molecule has 37 heavy (non-hydrogen) atoms. The van der Waals surface area contributed by atoms with E-state index < -0.39 is 5.82 Å². The minimum absolute atomic E-state index is 0. The predicted octanol–water partition coefficient (Wildman–Crippen LogP) is 3.61. The molecule has 3 aromatic rings. The fourth-order valence-corrected chi connectivity index (χ4v) is 4.97. The molecule has 198 valence electrons. The number of halogens is 2. The third-order valence-electron chi connectivity index (χ3n) is 7.20. The fraction of sp³-hybridized carbons (Fsp3) is 0.462. The van der Waals surface area contributed by atoms with Gasteiger partial charge in [0.1, 0.15) is 11.5 Å². The van der Waals surface area contributed by atoms with Gasteiger partial charge in [-0.25, -0.2) is 19.3 Å². The van der Waals surface area contributed by atoms with Crippen LogP contribution in [0.25, 0.3) is 11.4 Å². The summed E-state index contributed by atoms with van der Waals surface area (Å²) in [5.74, 6) is 0.696. The number of imidazole rings is 1. The molecule has 9 nitrogen and oxygen atoms in total. The first-order valence-corrected chi connectivity index (χ1v) is 12.5. The molecule has 1 N–H and O–H groups in total. The number of likely N-dealkylation sites (tertiary alicyclic amines) is 1. The first-order chi connectivity index (χ1) is 17.4. The minimum Gasteiger partial charge on any atom is -0.336 e. The number of aromatic nitrogens is 4. The number of rotatable bonds is 5. The van der Waals surface area contributed by atoms with Crippen LogP contribution in [0.15, 0.2) is 36.7 Å². The number of aryl methyl sites for hydroxylation is 1. The topological polar surface area (TPSA) is 82.4 Å². The molecule has 11 heteroatoms. The zero-order valence-electron chi connectivity index (χ0n) is 21.5. The summed E-state index contributed by atoms with van der Waals surface area (Å²) in [6.07, 6.45) is 4.86. The second kappa shape index (κ2) is 11.5. The highest BCUT2D eigenvalue weighted by atomic mass is 35.5. The normalized spacial score (nSPS) is 17.5. The number of carbonyl (C=O) groups is 1. The van der Waals surface area contributed by atoms with Gasteiger partial charge in [-0.1, -0.05) is 0 Å². The summed E-state index contributed by atoms with van der Waals surface area (Å²) in [6.45, 7) is 7.16. The van der Waals surface area contributed by atoms with Gasteiger partial charge in [-0.05, 0) is 71.2 Å². The molecule has 4 heterocycles. The molecule has 2 aliphatic rings. The van der Waals surface area contributed by atoms with Crippen LogP contribution in [0.1, 0.15) is 35.1 Å². The van der Waals surface area contributed by atoms with Crippen LogP contribution in [0, 0.1) is 12.7 Å². The van der Waals surface area contributed by atoms with Crippen molar-refractivity contribution in [1.82, 2.24) is 34.2 Å². The number of nitrogens with one attached hydrogen (secondary N) is 1. The van der Waals surface area contributed by atoms with Gasteiger partial charge < -0.3 is 24.6 Å². The van der Waals surface area contributed by atoms with Gasteiger partial charge in [-0.3, -0.25) is 4.79 Å². The van der Waals surface area contributed by atoms with E-state index in [1.165, 1.54) is 6.20 Å². The molecule has 1 aromatic carbocycles. The Kier molecular flexibility index (Phi) is 8.41. The summed E-state index contributed by atoms with van der Waals surface area (Å²) in [4.78, 5) is 32.3. The zero-order valence-corrected chi connectivity index (χ0v) is 22.3. The monoisotopic (exact) mass is 528 g/mol. The Labute approximate surface area is 223 Å². The maximum atomic E-state index is 14.9. The molecule has 1 amide bonds. The number of benzene rings is 1. The molecule has 2 fully saturated rings. The summed E-state index contributed by atoms with van der Waals surface area (Å²) < 4.78 is 17.0. The maximum absolute atomic E-state index is 14.9. The number of anilines is 2. The zero-order chi connectivity index (χ0) is 25.2. The number of carbonyl (C=O) groups excluding carboxylic acids is 1. The smallest absolute Gasteiger partial charge is 0.253 e. The molecule has 0 saturated carbocycles. The summed E-state index contributed by atoms with van der Waals surface area (Å²) in [5.41, 5.74) is 2.26. The van der Waals surface area contributed by atoms with Crippen LogP contribution in [0.2, 0.25) is 0 Å². The number of amides is 1. The molecule has 0 atom stereocenters. The Bertz CT molecular complexity index is 1220. The van der Waals surface area contributed by atoms with E-state index in [4.69, 9.17) is 0 Å². The highest BCUT2D eigenvalue weighted by molar-refractivity contribution is 5.94. The van der Waals surface area contributed by atoms with Gasteiger partial charge in [-0.2, -0.15) is 0 Å². The van der Waals surface area contributed by atoms with Gasteiger partial charge in [0.25, 0.3) is 5.91 Å². The number of likely N-dealkylation sites (N-methyl/N-ethyl adjacent to an activating group) is 1. The van der Waals surface area contributed by atoms with Crippen molar-refractivity contribution in [2.45, 2.75) is 25.8 Å². The largest absolute Gasteiger partial charge is 0.336 e. The lowest BCUT2D eigenvalue weighted by Crippen LogP contribution is -2.47. The summed E-state index contributed by atoms with van der Waals surface area (Å²) in [6, 6.07) is 7.50. The van der Waals surface area contributed by atoms with Crippen molar-refractivity contribution in [3.8, 4) is 11.4 Å². The highest BCUT2D eigenvalue weighted by Crippen LogP contribution is 2.31. The molecular weight excluding hydrogens is 495 g/mol. The number of nitrogens with zero attached hydrogens (tertiary/aromatic N) is 7. The SMILES string of the molecule is Cc1ncc(-c2nc(Nc3ccc(C(=O)N4CCN(C)CC4)cc3)ncc2F)n1C1CCN(C)CC1.Cl. The van der Waals surface area contributed by atoms with Crippen LogP contribution < -0.4 is 5.32 Å². The summed E-state index contributed by atoms with van der Waals surface area (Å²) in [7, 11) is 4.18. The lowest BCUT2D eigenvalue weighted by molar-refractivity contribution is 0.0664. The number of hydrogen-bond donors (Lipinski definition) is 1. The lowest BCUT2D eigenvalue weighted by atomic mass is 10.0. The first kappa shape index (κ1) is 27.0. The van der Waals surface area contributed by atoms with E-state index in [-0.39, 0.29) is 30.0 Å². The fourth-order valence-electron chi connectivity index (χ4n) is 4.97. The average Bonchev–Trinajstić information content (AvgIpc) is 3.27. The van der Waals surface area contributed by atoms with Crippen molar-refractivity contribution < 1.29 is 9.18 Å². The van der Waals surface area contributed by atoms with Gasteiger partial charge in [0, 0.05) is 43.5 Å². The predicted molar refractivity (Wildman–Crippen MR) is 144 cm³/mol. The molecule has 0 unspecified atom stereocenters. The Morgan fingerprint density at radius 2 is 1.59 bits per heavy atom. The molecule has 0 spiro atoms. The Morgan fingerprint density at radius 3 is 2.27 bits per heavy atom. The second-order valence-electron chi connectivity index (χ2n) is 9.78. The first-order valence-electron chi connectivity index (χ1n) is 12.5. The third-order valence-corrected chi connectivity index (χ3v) is 7.20. The van der Waals surface area contributed by atoms with Crippen LogP contribution in [0.5, 0.6) is 0 Å². The van der Waals surface area contributed by atoms with Gasteiger partial charge >= 0.3 is 0 Å². The van der Waals surface area contributed by atoms with Crippen molar-refractivity contribution in [3.63, 3.8) is 0 Å². The molecule has 2 aliphatic heterocycles. The van der Waals surface area contributed by atoms with Crippen LogP contribution in [0.3, 0.4) is 0 Å². The van der Waals surface area contributed by atoms with E-state index in [1.54, 1.807) is 18.3 Å². The van der Waals surface area contributed by atoms with Crippen LogP contribution in [-0.4, -0.2) is 93.5 Å². The van der Waals surface area contributed by atoms with Crippen molar-refractivity contribution in [2.24, 2.45) is 0 Å². The second-order valence-corrected chi connectivity index (χ2v) is 9.78. The number of piperidine rings is 1. The lowest BCUT2D eigenvalue weighted by Gasteiger charge is -2.32. The molecule has 0 radical (unpaired) electrons. The number of hydrogen-bond acceptors (Lipinski definition) is 7. The standard InChI is InChI=1S/C26H33FN8O.ClH/c1-18-28-17-23(35(18)21-8-10-32(2)11-9-21)24-22(27)16-29-26(31-24)30-20-6-4-19(5-7-20)25(36)34-14-12-33(3)13-15-34;/h4-7,16-17,21H,8-15H2,1-3H3,(H,29,30,31);1H. The van der Waals surface area contributed by atoms with E-state index >= 15 is 0 Å². The van der Waals surface area contributed by atoms with E-state index in [0.717, 1.165) is 63.6 Å². The van der Waals surface area contributed by atoms with E-state index in [0.29, 0.717) is 17.2 Å². The third kappa shape index (κ3) is 5.92. The van der Waals surface area contributed by atoms with Crippen LogP contribution >= 0.6 is 12.4 Å². The van der Waals surface area contributed by atoms with Crippen molar-refractivity contribution in [3.05, 3.63) is 53.9 Å². The molecular formula is C26H34ClFN8O. The molecule has 2 saturated heterocycles. The van der Waals surface area contributed by atoms with Gasteiger partial charge in [0.05, 0.1) is 18.1 Å². The Balaban J connectivity index is 0.00000320. The van der Waals surface area contributed by atoms with E-state index in [9.17, 15) is 9.18 Å². The summed E-state index contributed by atoms with van der Waals surface area (Å²) >= 11 is 0. The maximum Gasteiger partial charge on any atom is 0.253 e. The van der Waals surface area contributed by atoms with Crippen molar-refractivity contribution in [2.75, 3.05) is 58.7 Å². The van der Waals surface area contributed by atoms with Gasteiger partial charge in [-0.15, -0.1) is 12.4 Å². The number of piperazine rings is 1. The summed E-state index contributed by atoms with van der Waals surface area (Å²) in [5, 5.41) is 3.15. The average molecular weight is 529 g/mol.